The lowest BCUT2D eigenvalue weighted by Crippen LogP contribution is -2.34. The summed E-state index contributed by atoms with van der Waals surface area (Å²) >= 11 is 3.42. The molecule has 50 heavy (non-hydrogen) atoms. The molecule has 0 atom stereocenters. The molecule has 4 heterocycles. The van der Waals surface area contributed by atoms with Crippen LogP contribution in [0.1, 0.15) is 113 Å². The van der Waals surface area contributed by atoms with Crippen molar-refractivity contribution >= 4 is 55.0 Å². The maximum absolute atomic E-state index is 14.6. The Morgan fingerprint density at radius 1 is 0.580 bits per heavy atom. The summed E-state index contributed by atoms with van der Waals surface area (Å²) in [5.74, 6) is 1.47. The van der Waals surface area contributed by atoms with Crippen molar-refractivity contribution in [2.75, 3.05) is 36.0 Å². The third-order valence-corrected chi connectivity index (χ3v) is 12.9. The zero-order valence-corrected chi connectivity index (χ0v) is 32.0. The molecule has 266 valence electrons. The summed E-state index contributed by atoms with van der Waals surface area (Å²) in [6.07, 6.45) is 14.6. The van der Waals surface area contributed by atoms with E-state index in [4.69, 9.17) is 9.97 Å². The summed E-state index contributed by atoms with van der Waals surface area (Å²) in [6.45, 7) is 12.3. The Labute approximate surface area is 303 Å². The summed E-state index contributed by atoms with van der Waals surface area (Å²) < 4.78 is 3.71. The van der Waals surface area contributed by atoms with Crippen LogP contribution in [0.3, 0.4) is 0 Å². The number of anilines is 2. The van der Waals surface area contributed by atoms with Gasteiger partial charge in [-0.25, -0.2) is 19.1 Å². The van der Waals surface area contributed by atoms with Gasteiger partial charge in [-0.3, -0.25) is 9.59 Å². The van der Waals surface area contributed by atoms with Gasteiger partial charge >= 0.3 is 0 Å². The topological polar surface area (TPSA) is 76.3 Å². The fourth-order valence-corrected chi connectivity index (χ4v) is 10.2. The highest BCUT2D eigenvalue weighted by molar-refractivity contribution is 7.19. The predicted molar refractivity (Wildman–Crippen MR) is 212 cm³/mol. The molecule has 0 amide bonds. The maximum Gasteiger partial charge on any atom is 0.268 e. The van der Waals surface area contributed by atoms with Crippen molar-refractivity contribution in [2.45, 2.75) is 118 Å². The molecule has 2 aliphatic rings. The van der Waals surface area contributed by atoms with Crippen molar-refractivity contribution in [1.29, 1.82) is 0 Å². The molecule has 7 rings (SSSR count). The number of benzene rings is 1. The Kier molecular flexibility index (Phi) is 10.8. The Morgan fingerprint density at radius 2 is 0.940 bits per heavy atom. The standard InChI is InChI=1S/C40H52N6O2S2/c1-5-9-23-43(24-10-6-2)39-41-35-33(29-15-13-17-31(29)49-35)37(47)45(39)27-19-21-28(22-20-27)46-38(48)34-30-16-14-18-32(30)50-36(34)42-40(46)44(25-11-7-3)26-12-8-4/h19-22H,5-18,23-26H2,1-4H3. The first kappa shape index (κ1) is 34.9. The first-order chi connectivity index (χ1) is 24.5. The van der Waals surface area contributed by atoms with Crippen molar-refractivity contribution in [3.05, 3.63) is 65.9 Å². The minimum absolute atomic E-state index is 0.0234. The Bertz CT molecular complexity index is 1920. The second-order valence-corrected chi connectivity index (χ2v) is 16.3. The maximum atomic E-state index is 14.6. The summed E-state index contributed by atoms with van der Waals surface area (Å²) in [5.41, 5.74) is 4.02. The molecule has 0 N–H and O–H groups in total. The molecule has 0 saturated heterocycles. The van der Waals surface area contributed by atoms with Crippen LogP contribution in [0.2, 0.25) is 0 Å². The van der Waals surface area contributed by atoms with Gasteiger partial charge in [0.2, 0.25) is 11.9 Å². The van der Waals surface area contributed by atoms with E-state index in [1.807, 2.05) is 33.4 Å². The second-order valence-electron chi connectivity index (χ2n) is 14.1. The number of thiophene rings is 2. The molecule has 2 aliphatic carbocycles. The van der Waals surface area contributed by atoms with E-state index in [0.29, 0.717) is 0 Å². The average Bonchev–Trinajstić information content (AvgIpc) is 3.91. The van der Waals surface area contributed by atoms with Crippen molar-refractivity contribution in [3.8, 4) is 11.4 Å². The molecular formula is C40H52N6O2S2. The van der Waals surface area contributed by atoms with Gasteiger partial charge in [-0.2, -0.15) is 0 Å². The molecule has 1 aromatic carbocycles. The molecule has 0 saturated carbocycles. The lowest BCUT2D eigenvalue weighted by molar-refractivity contribution is 0.653. The first-order valence-corrected chi connectivity index (χ1v) is 20.9. The van der Waals surface area contributed by atoms with E-state index >= 15 is 0 Å². The van der Waals surface area contributed by atoms with E-state index in [-0.39, 0.29) is 11.1 Å². The number of nitrogens with zero attached hydrogens (tertiary/aromatic N) is 6. The first-order valence-electron chi connectivity index (χ1n) is 19.2. The smallest absolute Gasteiger partial charge is 0.268 e. The van der Waals surface area contributed by atoms with E-state index < -0.39 is 0 Å². The highest BCUT2D eigenvalue weighted by Crippen LogP contribution is 2.38. The molecule has 0 unspecified atom stereocenters. The lowest BCUT2D eigenvalue weighted by Gasteiger charge is -2.27. The number of aryl methyl sites for hydroxylation is 4. The summed E-state index contributed by atoms with van der Waals surface area (Å²) in [6, 6.07) is 8.05. The minimum Gasteiger partial charge on any atom is -0.342 e. The number of rotatable bonds is 16. The molecule has 0 spiro atoms. The molecular weight excluding hydrogens is 661 g/mol. The van der Waals surface area contributed by atoms with Gasteiger partial charge in [0.15, 0.2) is 0 Å². The van der Waals surface area contributed by atoms with Gasteiger partial charge in [0.1, 0.15) is 9.66 Å². The van der Waals surface area contributed by atoms with Crippen LogP contribution >= 0.6 is 22.7 Å². The SMILES string of the molecule is CCCCN(CCCC)c1nc2sc3c(c2c(=O)n1-c1ccc(-n2c(N(CCCC)CCCC)nc4sc5c(c4c2=O)CCC5)cc1)CCC3. The predicted octanol–water partition coefficient (Wildman–Crippen LogP) is 9.00. The van der Waals surface area contributed by atoms with Crippen LogP contribution in [-0.2, 0) is 25.7 Å². The fraction of sp³-hybridized carbons (Fsp3) is 0.550. The van der Waals surface area contributed by atoms with Gasteiger partial charge in [0, 0.05) is 35.9 Å². The van der Waals surface area contributed by atoms with Crippen LogP contribution in [-0.4, -0.2) is 45.3 Å². The Hall–Kier alpha value is -3.50. The zero-order chi connectivity index (χ0) is 34.8. The van der Waals surface area contributed by atoms with Gasteiger partial charge in [0.05, 0.1) is 22.1 Å². The summed E-state index contributed by atoms with van der Waals surface area (Å²) in [4.78, 5) is 48.8. The zero-order valence-electron chi connectivity index (χ0n) is 30.4. The quantitative estimate of drug-likeness (QED) is 0.102. The van der Waals surface area contributed by atoms with Crippen LogP contribution < -0.4 is 20.9 Å². The third kappa shape index (κ3) is 6.42. The Morgan fingerprint density at radius 3 is 1.28 bits per heavy atom. The van der Waals surface area contributed by atoms with Crippen LogP contribution in [0, 0.1) is 0 Å². The third-order valence-electron chi connectivity index (χ3n) is 10.5. The van der Waals surface area contributed by atoms with Crippen LogP contribution in [0.25, 0.3) is 31.8 Å². The van der Waals surface area contributed by atoms with Crippen molar-refractivity contribution in [3.63, 3.8) is 0 Å². The molecule has 0 fully saturated rings. The van der Waals surface area contributed by atoms with Crippen molar-refractivity contribution in [1.82, 2.24) is 19.1 Å². The molecule has 5 aromatic rings. The number of fused-ring (bicyclic) bond motifs is 6. The van der Waals surface area contributed by atoms with Gasteiger partial charge in [-0.1, -0.05) is 53.4 Å². The molecule has 10 heteroatoms. The van der Waals surface area contributed by atoms with Gasteiger partial charge in [-0.15, -0.1) is 22.7 Å². The lowest BCUT2D eigenvalue weighted by atomic mass is 10.2. The molecule has 4 aromatic heterocycles. The van der Waals surface area contributed by atoms with E-state index in [1.54, 1.807) is 22.7 Å². The number of hydrogen-bond acceptors (Lipinski definition) is 8. The van der Waals surface area contributed by atoms with Crippen LogP contribution in [0.15, 0.2) is 33.9 Å². The number of aromatic nitrogens is 4. The van der Waals surface area contributed by atoms with E-state index in [0.717, 1.165) is 160 Å². The molecule has 0 bridgehead atoms. The van der Waals surface area contributed by atoms with Crippen LogP contribution in [0.4, 0.5) is 11.9 Å². The second kappa shape index (κ2) is 15.4. The monoisotopic (exact) mass is 712 g/mol. The largest absolute Gasteiger partial charge is 0.342 e. The Balaban J connectivity index is 1.39. The average molecular weight is 713 g/mol. The van der Waals surface area contributed by atoms with E-state index in [9.17, 15) is 9.59 Å². The molecule has 8 nitrogen and oxygen atoms in total. The minimum atomic E-state index is 0.0234. The van der Waals surface area contributed by atoms with E-state index in [2.05, 4.69) is 37.5 Å². The summed E-state index contributed by atoms with van der Waals surface area (Å²) in [7, 11) is 0. The highest BCUT2D eigenvalue weighted by Gasteiger charge is 2.28. The van der Waals surface area contributed by atoms with Crippen molar-refractivity contribution in [2.24, 2.45) is 0 Å². The fourth-order valence-electron chi connectivity index (χ4n) is 7.73. The number of hydrogen-bond donors (Lipinski definition) is 0. The van der Waals surface area contributed by atoms with Crippen molar-refractivity contribution < 1.29 is 0 Å². The normalized spacial score (nSPS) is 13.8. The summed E-state index contributed by atoms with van der Waals surface area (Å²) in [5, 5.41) is 1.59. The van der Waals surface area contributed by atoms with Gasteiger partial charge in [0.25, 0.3) is 11.1 Å². The molecule has 0 radical (unpaired) electrons. The highest BCUT2D eigenvalue weighted by atomic mass is 32.1. The van der Waals surface area contributed by atoms with Crippen LogP contribution in [0.5, 0.6) is 0 Å². The molecule has 0 aliphatic heterocycles. The van der Waals surface area contributed by atoms with Gasteiger partial charge < -0.3 is 9.80 Å². The van der Waals surface area contributed by atoms with Gasteiger partial charge in [-0.05, 0) is 99.6 Å². The number of unbranched alkanes of at least 4 members (excludes halogenated alkanes) is 4. The van der Waals surface area contributed by atoms with E-state index in [1.165, 1.54) is 20.9 Å².